The Kier molecular flexibility index (Phi) is 4.82. The summed E-state index contributed by atoms with van der Waals surface area (Å²) >= 11 is 0. The van der Waals surface area contributed by atoms with Gasteiger partial charge in [-0.1, -0.05) is 5.21 Å². The average Bonchev–Trinajstić information content (AvgIpc) is 3.30. The molecule has 3 unspecified atom stereocenters. The quantitative estimate of drug-likeness (QED) is 0.539. The summed E-state index contributed by atoms with van der Waals surface area (Å²) in [6.45, 7) is 2.47. The van der Waals surface area contributed by atoms with Crippen LogP contribution in [0.5, 0.6) is 5.88 Å². The number of aliphatic hydroxyl groups excluding tert-OH is 1. The highest BCUT2D eigenvalue weighted by Gasteiger charge is 2.28. The molecule has 0 spiro atoms. The number of hydrogen-bond donors (Lipinski definition) is 3. The maximum Gasteiger partial charge on any atom is 0.225 e. The first-order valence-electron chi connectivity index (χ1n) is 9.02. The van der Waals surface area contributed by atoms with E-state index in [9.17, 15) is 5.11 Å². The highest BCUT2D eigenvalue weighted by atomic mass is 16.5. The maximum atomic E-state index is 9.55. The number of nitrogens with two attached hydrogens (primary N) is 1. The van der Waals surface area contributed by atoms with Crippen molar-refractivity contribution in [1.29, 1.82) is 0 Å². The number of anilines is 1. The van der Waals surface area contributed by atoms with Crippen LogP contribution in [0.25, 0.3) is 16.9 Å². The molecule has 1 saturated carbocycles. The Balaban J connectivity index is 1.56. The number of nitrogens with zero attached hydrogens (tertiary/aromatic N) is 6. The van der Waals surface area contributed by atoms with Gasteiger partial charge < -0.3 is 20.9 Å². The molecule has 3 aromatic rings. The van der Waals surface area contributed by atoms with Gasteiger partial charge in [-0.3, -0.25) is 0 Å². The number of nitrogens with one attached hydrogen (secondary N) is 1. The number of aromatic nitrogens is 6. The highest BCUT2D eigenvalue weighted by Crippen LogP contribution is 2.28. The molecule has 3 heterocycles. The maximum absolute atomic E-state index is 9.55. The Morgan fingerprint density at radius 1 is 1.33 bits per heavy atom. The minimum atomic E-state index is -0.780. The second-order valence-electron chi connectivity index (χ2n) is 6.60. The van der Waals surface area contributed by atoms with E-state index in [0.717, 1.165) is 24.9 Å². The van der Waals surface area contributed by atoms with E-state index in [-0.39, 0.29) is 12.0 Å². The van der Waals surface area contributed by atoms with Crippen molar-refractivity contribution in [2.45, 2.75) is 38.5 Å². The van der Waals surface area contributed by atoms with E-state index in [4.69, 9.17) is 10.5 Å². The van der Waals surface area contributed by atoms with Gasteiger partial charge in [-0.2, -0.15) is 9.67 Å². The average molecular weight is 370 g/mol. The van der Waals surface area contributed by atoms with Gasteiger partial charge in [0.25, 0.3) is 0 Å². The second kappa shape index (κ2) is 7.41. The van der Waals surface area contributed by atoms with Crippen molar-refractivity contribution in [2.75, 3.05) is 11.9 Å². The second-order valence-corrected chi connectivity index (χ2v) is 6.60. The summed E-state index contributed by atoms with van der Waals surface area (Å²) in [4.78, 5) is 13.1. The molecule has 0 amide bonds. The Morgan fingerprint density at radius 3 is 2.93 bits per heavy atom. The van der Waals surface area contributed by atoms with Crippen LogP contribution in [-0.4, -0.2) is 53.9 Å². The number of fused-ring (bicyclic) bond motifs is 1. The topological polar surface area (TPSA) is 137 Å². The molecule has 0 aliphatic heterocycles. The van der Waals surface area contributed by atoms with E-state index in [2.05, 4.69) is 30.6 Å². The molecule has 0 aromatic carbocycles. The van der Waals surface area contributed by atoms with Crippen molar-refractivity contribution in [1.82, 2.24) is 29.9 Å². The number of rotatable bonds is 6. The van der Waals surface area contributed by atoms with Crippen molar-refractivity contribution < 1.29 is 9.84 Å². The summed E-state index contributed by atoms with van der Waals surface area (Å²) in [5.74, 6) is 1.16. The predicted octanol–water partition coefficient (Wildman–Crippen LogP) is 0.862. The van der Waals surface area contributed by atoms with Crippen LogP contribution in [0.2, 0.25) is 0 Å². The monoisotopic (exact) mass is 370 g/mol. The van der Waals surface area contributed by atoms with Gasteiger partial charge in [-0.05, 0) is 32.3 Å². The minimum Gasteiger partial charge on any atom is -0.478 e. The molecule has 1 aliphatic rings. The molecule has 0 radical (unpaired) electrons. The molecule has 1 aliphatic carbocycles. The third-order valence-corrected chi connectivity index (χ3v) is 4.74. The van der Waals surface area contributed by atoms with Crippen LogP contribution >= 0.6 is 0 Å². The number of ether oxygens (including phenoxy) is 1. The lowest BCUT2D eigenvalue weighted by molar-refractivity contribution is 0.117. The third-order valence-electron chi connectivity index (χ3n) is 4.74. The molecular formula is C17H22N8O2. The zero-order chi connectivity index (χ0) is 18.8. The third kappa shape index (κ3) is 3.67. The number of hydrogen-bond acceptors (Lipinski definition) is 9. The first kappa shape index (κ1) is 17.6. The largest absolute Gasteiger partial charge is 0.478 e. The van der Waals surface area contributed by atoms with E-state index < -0.39 is 6.23 Å². The van der Waals surface area contributed by atoms with Crippen molar-refractivity contribution >= 4 is 17.1 Å². The highest BCUT2D eigenvalue weighted by molar-refractivity contribution is 5.71. The predicted molar refractivity (Wildman–Crippen MR) is 98.4 cm³/mol. The van der Waals surface area contributed by atoms with Gasteiger partial charge in [0.15, 0.2) is 11.2 Å². The van der Waals surface area contributed by atoms with Crippen LogP contribution in [0.3, 0.4) is 0 Å². The Labute approximate surface area is 155 Å². The van der Waals surface area contributed by atoms with E-state index in [1.807, 2.05) is 13.0 Å². The van der Waals surface area contributed by atoms with Crippen LogP contribution in [0.4, 0.5) is 5.95 Å². The summed E-state index contributed by atoms with van der Waals surface area (Å²) in [7, 11) is 0. The first-order valence-corrected chi connectivity index (χ1v) is 9.02. The molecular weight excluding hydrogens is 348 g/mol. The summed E-state index contributed by atoms with van der Waals surface area (Å²) < 4.78 is 6.98. The molecule has 27 heavy (non-hydrogen) atoms. The van der Waals surface area contributed by atoms with Crippen LogP contribution < -0.4 is 15.8 Å². The number of pyridine rings is 1. The summed E-state index contributed by atoms with van der Waals surface area (Å²) in [5.41, 5.74) is 7.51. The fourth-order valence-corrected chi connectivity index (χ4v) is 3.34. The zero-order valence-corrected chi connectivity index (χ0v) is 15.0. The lowest BCUT2D eigenvalue weighted by atomic mass is 10.1. The standard InChI is InChI=1S/C17H22N8O2/c1-2-27-14-6-5-12(8-19-14)25-16-13(23-24-25)9-20-17(22-16)21-11-4-3-10(7-11)15(18)26/h5-6,8-11,15,26H,2-4,7,18H2,1H3,(H,20,21,22). The van der Waals surface area contributed by atoms with Gasteiger partial charge in [0.2, 0.25) is 11.8 Å². The first-order chi connectivity index (χ1) is 13.1. The van der Waals surface area contributed by atoms with Crippen LogP contribution in [-0.2, 0) is 0 Å². The Bertz CT molecular complexity index is 911. The van der Waals surface area contributed by atoms with Crippen LogP contribution in [0.1, 0.15) is 26.2 Å². The van der Waals surface area contributed by atoms with Crippen LogP contribution in [0.15, 0.2) is 24.5 Å². The molecule has 0 saturated heterocycles. The van der Waals surface area contributed by atoms with Crippen molar-refractivity contribution in [3.63, 3.8) is 0 Å². The van der Waals surface area contributed by atoms with Crippen molar-refractivity contribution in [3.05, 3.63) is 24.5 Å². The normalized spacial score (nSPS) is 20.7. The van der Waals surface area contributed by atoms with Crippen molar-refractivity contribution in [3.8, 4) is 11.6 Å². The van der Waals surface area contributed by atoms with Gasteiger partial charge >= 0.3 is 0 Å². The molecule has 1 fully saturated rings. The summed E-state index contributed by atoms with van der Waals surface area (Å²) in [6, 6.07) is 3.82. The lowest BCUT2D eigenvalue weighted by Gasteiger charge is -2.15. The molecule has 4 N–H and O–H groups in total. The Morgan fingerprint density at radius 2 is 2.22 bits per heavy atom. The van der Waals surface area contributed by atoms with Crippen LogP contribution in [0, 0.1) is 5.92 Å². The molecule has 142 valence electrons. The minimum absolute atomic E-state index is 0.105. The zero-order valence-electron chi connectivity index (χ0n) is 15.0. The Hall–Kier alpha value is -2.85. The molecule has 10 heteroatoms. The molecule has 3 aromatic heterocycles. The SMILES string of the molecule is CCOc1ccc(-n2nnc3cnc(NC4CCC(C(N)O)C4)nc32)cn1. The fraction of sp³-hybridized carbons (Fsp3) is 0.471. The van der Waals surface area contributed by atoms with Gasteiger partial charge in [0, 0.05) is 18.0 Å². The summed E-state index contributed by atoms with van der Waals surface area (Å²) in [6.07, 6.45) is 5.12. The van der Waals surface area contributed by atoms with Gasteiger partial charge in [-0.25, -0.2) is 9.97 Å². The van der Waals surface area contributed by atoms with E-state index in [1.165, 1.54) is 0 Å². The lowest BCUT2D eigenvalue weighted by Crippen LogP contribution is -2.29. The van der Waals surface area contributed by atoms with E-state index in [1.54, 1.807) is 23.1 Å². The van der Waals surface area contributed by atoms with Gasteiger partial charge in [-0.15, -0.1) is 5.10 Å². The van der Waals surface area contributed by atoms with Gasteiger partial charge in [0.1, 0.15) is 6.23 Å². The van der Waals surface area contributed by atoms with E-state index in [0.29, 0.717) is 29.6 Å². The molecule has 3 atom stereocenters. The van der Waals surface area contributed by atoms with E-state index >= 15 is 0 Å². The molecule has 0 bridgehead atoms. The van der Waals surface area contributed by atoms with Gasteiger partial charge in [0.05, 0.1) is 24.7 Å². The number of aliphatic hydroxyl groups is 1. The van der Waals surface area contributed by atoms with Crippen molar-refractivity contribution in [2.24, 2.45) is 11.7 Å². The molecule has 10 nitrogen and oxygen atoms in total. The summed E-state index contributed by atoms with van der Waals surface area (Å²) in [5, 5.41) is 21.1. The smallest absolute Gasteiger partial charge is 0.225 e. The molecule has 4 rings (SSSR count). The fourth-order valence-electron chi connectivity index (χ4n) is 3.34.